The highest BCUT2D eigenvalue weighted by molar-refractivity contribution is 8.00. The van der Waals surface area contributed by atoms with Gasteiger partial charge in [-0.15, -0.1) is 23.1 Å². The van der Waals surface area contributed by atoms with Crippen molar-refractivity contribution in [2.45, 2.75) is 41.5 Å². The van der Waals surface area contributed by atoms with E-state index in [1.807, 2.05) is 11.9 Å². The van der Waals surface area contributed by atoms with Gasteiger partial charge >= 0.3 is 6.01 Å². The molecule has 208 valence electrons. The lowest BCUT2D eigenvalue weighted by Gasteiger charge is -2.48. The van der Waals surface area contributed by atoms with Gasteiger partial charge in [0.05, 0.1) is 29.1 Å². The lowest BCUT2D eigenvalue weighted by atomic mass is 9.88. The molecule has 9 nitrogen and oxygen atoms in total. The summed E-state index contributed by atoms with van der Waals surface area (Å²) in [4.78, 5) is 16.1. The molecular weight excluding hydrogens is 544 g/mol. The van der Waals surface area contributed by atoms with Crippen LogP contribution in [-0.4, -0.2) is 86.2 Å². The Morgan fingerprint density at radius 3 is 2.90 bits per heavy atom. The molecule has 0 amide bonds. The molecule has 0 unspecified atom stereocenters. The molecule has 4 fully saturated rings. The van der Waals surface area contributed by atoms with E-state index < -0.39 is 12.0 Å². The molecule has 0 aliphatic carbocycles. The van der Waals surface area contributed by atoms with Gasteiger partial charge in [-0.2, -0.15) is 19.6 Å². The molecule has 0 saturated carbocycles. The van der Waals surface area contributed by atoms with Crippen LogP contribution in [0.4, 0.5) is 25.4 Å². The minimum Gasteiger partial charge on any atom is -0.461 e. The number of halogens is 2. The number of hydrogen-bond donors (Lipinski definition) is 1. The number of nitrogen functional groups attached to an aromatic ring is 1. The Labute approximate surface area is 234 Å². The summed E-state index contributed by atoms with van der Waals surface area (Å²) in [5, 5.41) is 10.3. The van der Waals surface area contributed by atoms with Gasteiger partial charge in [0.25, 0.3) is 0 Å². The van der Waals surface area contributed by atoms with Gasteiger partial charge in [-0.3, -0.25) is 4.90 Å². The zero-order valence-electron chi connectivity index (χ0n) is 21.8. The van der Waals surface area contributed by atoms with Gasteiger partial charge < -0.3 is 25.0 Å². The van der Waals surface area contributed by atoms with Crippen LogP contribution in [0.15, 0.2) is 0 Å². The molecule has 1 spiro atoms. The van der Waals surface area contributed by atoms with Crippen molar-refractivity contribution in [3.05, 3.63) is 21.8 Å². The van der Waals surface area contributed by atoms with Crippen molar-refractivity contribution >= 4 is 39.7 Å². The lowest BCUT2D eigenvalue weighted by molar-refractivity contribution is -0.0273. The van der Waals surface area contributed by atoms with Gasteiger partial charge in [0.15, 0.2) is 11.6 Å². The summed E-state index contributed by atoms with van der Waals surface area (Å²) >= 11 is 3.26. The van der Waals surface area contributed by atoms with Gasteiger partial charge in [-0.05, 0) is 19.4 Å². The van der Waals surface area contributed by atoms with Crippen LogP contribution in [0.3, 0.4) is 0 Å². The van der Waals surface area contributed by atoms with E-state index in [4.69, 9.17) is 15.2 Å². The topological polar surface area (TPSA) is 104 Å². The first-order chi connectivity index (χ1) is 18.8. The maximum atomic E-state index is 16.0. The molecule has 4 saturated heterocycles. The molecule has 2 atom stereocenters. The molecule has 0 bridgehead atoms. The summed E-state index contributed by atoms with van der Waals surface area (Å²) in [6.07, 6.45) is 1.46. The Morgan fingerprint density at radius 1 is 1.33 bits per heavy atom. The van der Waals surface area contributed by atoms with E-state index >= 15 is 4.39 Å². The first kappa shape index (κ1) is 25.6. The molecule has 39 heavy (non-hydrogen) atoms. The summed E-state index contributed by atoms with van der Waals surface area (Å²) in [5.74, 6) is 1.02. The van der Waals surface area contributed by atoms with E-state index in [2.05, 4.69) is 20.9 Å². The lowest BCUT2D eigenvalue weighted by Crippen LogP contribution is -2.57. The molecule has 2 aromatic heterocycles. The Bertz CT molecular complexity index is 1340. The number of nitrogens with two attached hydrogens (primary N) is 1. The fraction of sp³-hybridized carbons (Fsp3) is 0.654. The standard InChI is InChI=1S/C26H31F2N7O2S2/c1-33(7-15-9-36-10-15)22-20(28)23(32-24(31-22)37-14-25-3-2-4-35(25)8-16(27)5-25)34-12-26(13-34)19-17(6-29)21(30)39-18(19)11-38-26/h15-16H,2-5,7-14,30H2,1H3/t16-,25+/m1/s1. The third kappa shape index (κ3) is 4.05. The average molecular weight is 576 g/mol. The zero-order chi connectivity index (χ0) is 26.9. The van der Waals surface area contributed by atoms with Gasteiger partial charge in [0.2, 0.25) is 5.82 Å². The summed E-state index contributed by atoms with van der Waals surface area (Å²) in [6.45, 7) is 4.52. The van der Waals surface area contributed by atoms with E-state index in [0.29, 0.717) is 62.3 Å². The molecule has 2 N–H and O–H groups in total. The van der Waals surface area contributed by atoms with Crippen LogP contribution in [-0.2, 0) is 15.2 Å². The predicted octanol–water partition coefficient (Wildman–Crippen LogP) is 3.13. The average Bonchev–Trinajstić information content (AvgIpc) is 3.58. The molecular formula is C26H31F2N7O2S2. The maximum absolute atomic E-state index is 16.0. The van der Waals surface area contributed by atoms with E-state index in [1.165, 1.54) is 11.3 Å². The highest BCUT2D eigenvalue weighted by Crippen LogP contribution is 2.58. The number of thiophene rings is 1. The maximum Gasteiger partial charge on any atom is 0.320 e. The van der Waals surface area contributed by atoms with Crippen LogP contribution < -0.4 is 20.3 Å². The van der Waals surface area contributed by atoms with Crippen LogP contribution in [0.5, 0.6) is 6.01 Å². The number of nitrogens with zero attached hydrogens (tertiary/aromatic N) is 6. The van der Waals surface area contributed by atoms with Gasteiger partial charge in [-0.25, -0.2) is 4.39 Å². The van der Waals surface area contributed by atoms with E-state index in [0.717, 1.165) is 35.6 Å². The second-order valence-corrected chi connectivity index (χ2v) is 14.0. The molecule has 7 rings (SSSR count). The summed E-state index contributed by atoms with van der Waals surface area (Å²) in [7, 11) is 1.82. The number of alkyl halides is 1. The van der Waals surface area contributed by atoms with Crippen molar-refractivity contribution in [2.24, 2.45) is 5.92 Å². The normalized spacial score (nSPS) is 27.2. The zero-order valence-corrected chi connectivity index (χ0v) is 23.4. The summed E-state index contributed by atoms with van der Waals surface area (Å²) in [5.41, 5.74) is 7.33. The Hall–Kier alpha value is -2.40. The van der Waals surface area contributed by atoms with Crippen LogP contribution in [0.25, 0.3) is 0 Å². The minimum absolute atomic E-state index is 0.111. The third-order valence-corrected chi connectivity index (χ3v) is 11.5. The molecule has 2 aromatic rings. The molecule has 0 radical (unpaired) electrons. The van der Waals surface area contributed by atoms with Crippen LogP contribution in [0.1, 0.15) is 35.3 Å². The van der Waals surface area contributed by atoms with Crippen molar-refractivity contribution < 1.29 is 18.3 Å². The van der Waals surface area contributed by atoms with E-state index in [1.54, 1.807) is 16.7 Å². The fourth-order valence-corrected chi connectivity index (χ4v) is 9.69. The van der Waals surface area contributed by atoms with Crippen molar-refractivity contribution in [2.75, 3.05) is 75.1 Å². The second-order valence-electron chi connectivity index (χ2n) is 11.5. The van der Waals surface area contributed by atoms with Crippen molar-refractivity contribution in [3.63, 3.8) is 0 Å². The first-order valence-electron chi connectivity index (χ1n) is 13.4. The second kappa shape index (κ2) is 9.33. The largest absolute Gasteiger partial charge is 0.461 e. The highest BCUT2D eigenvalue weighted by Gasteiger charge is 2.54. The smallest absolute Gasteiger partial charge is 0.320 e. The Kier molecular flexibility index (Phi) is 6.11. The van der Waals surface area contributed by atoms with Crippen LogP contribution in [0, 0.1) is 23.1 Å². The number of aromatic nitrogens is 2. The number of ether oxygens (including phenoxy) is 2. The first-order valence-corrected chi connectivity index (χ1v) is 15.2. The number of anilines is 3. The molecule has 0 aromatic carbocycles. The third-order valence-electron chi connectivity index (χ3n) is 8.87. The van der Waals surface area contributed by atoms with Crippen molar-refractivity contribution in [1.82, 2.24) is 14.9 Å². The molecule has 5 aliphatic rings. The van der Waals surface area contributed by atoms with Crippen LogP contribution >= 0.6 is 23.1 Å². The number of rotatable bonds is 7. The molecule has 5 aliphatic heterocycles. The van der Waals surface area contributed by atoms with E-state index in [9.17, 15) is 9.65 Å². The predicted molar refractivity (Wildman–Crippen MR) is 147 cm³/mol. The highest BCUT2D eigenvalue weighted by atomic mass is 32.2. The number of nitriles is 1. The Morgan fingerprint density at radius 2 is 2.15 bits per heavy atom. The quantitative estimate of drug-likeness (QED) is 0.530. The van der Waals surface area contributed by atoms with Gasteiger partial charge in [0.1, 0.15) is 23.8 Å². The number of thioether (sulfide) groups is 1. The van der Waals surface area contributed by atoms with Crippen LogP contribution in [0.2, 0.25) is 0 Å². The number of hydrogen-bond acceptors (Lipinski definition) is 11. The summed E-state index contributed by atoms with van der Waals surface area (Å²) < 4.78 is 41.5. The molecule has 13 heteroatoms. The van der Waals surface area contributed by atoms with E-state index in [-0.39, 0.29) is 34.5 Å². The Balaban J connectivity index is 1.17. The van der Waals surface area contributed by atoms with Gasteiger partial charge in [-0.1, -0.05) is 0 Å². The minimum atomic E-state index is -0.861. The molecule has 7 heterocycles. The SMILES string of the molecule is CN(CC1COC1)c1nc(OC[C@@]23CCCN2C[C@H](F)C3)nc(N2CC3(C2)SCc2sc(N)c(C#N)c23)c1F. The monoisotopic (exact) mass is 575 g/mol. The fourth-order valence-electron chi connectivity index (χ4n) is 6.88. The van der Waals surface area contributed by atoms with Crippen molar-refractivity contribution in [3.8, 4) is 12.1 Å². The van der Waals surface area contributed by atoms with Crippen molar-refractivity contribution in [1.29, 1.82) is 5.26 Å². The van der Waals surface area contributed by atoms with Gasteiger partial charge in [0, 0.05) is 61.8 Å². The number of fused-ring (bicyclic) bond motifs is 3. The summed E-state index contributed by atoms with van der Waals surface area (Å²) in [6, 6.07) is 2.39.